The molecule has 1 N–H and O–H groups in total. The molecule has 2 rings (SSSR count). The van der Waals surface area contributed by atoms with Crippen molar-refractivity contribution in [3.05, 3.63) is 30.1 Å². The summed E-state index contributed by atoms with van der Waals surface area (Å²) in [5.74, 6) is -0.503. The van der Waals surface area contributed by atoms with Crippen molar-refractivity contribution >= 4 is 9.84 Å². The van der Waals surface area contributed by atoms with Crippen LogP contribution in [0.5, 0.6) is 0 Å². The highest BCUT2D eigenvalue weighted by atomic mass is 32.2. The summed E-state index contributed by atoms with van der Waals surface area (Å²) in [5.41, 5.74) is 0. The van der Waals surface area contributed by atoms with Gasteiger partial charge in [0.15, 0.2) is 9.84 Å². The van der Waals surface area contributed by atoms with Crippen molar-refractivity contribution in [1.29, 1.82) is 0 Å². The first-order valence-electron chi connectivity index (χ1n) is 6.21. The molecule has 0 aromatic heterocycles. The Balaban J connectivity index is 2.25. The average Bonchev–Trinajstić information content (AvgIpc) is 2.39. The van der Waals surface area contributed by atoms with Gasteiger partial charge in [-0.25, -0.2) is 12.8 Å². The van der Waals surface area contributed by atoms with E-state index in [-0.39, 0.29) is 10.9 Å². The summed E-state index contributed by atoms with van der Waals surface area (Å²) >= 11 is 0. The number of halogens is 1. The van der Waals surface area contributed by atoms with Crippen molar-refractivity contribution in [2.75, 3.05) is 7.05 Å². The maximum atomic E-state index is 13.1. The Morgan fingerprint density at radius 2 is 2.11 bits per heavy atom. The summed E-state index contributed by atoms with van der Waals surface area (Å²) in [5, 5.41) is 2.73. The van der Waals surface area contributed by atoms with E-state index in [1.807, 2.05) is 7.05 Å². The van der Waals surface area contributed by atoms with Gasteiger partial charge < -0.3 is 5.32 Å². The summed E-state index contributed by atoms with van der Waals surface area (Å²) in [6, 6.07) is 5.53. The quantitative estimate of drug-likeness (QED) is 0.916. The predicted octanol–water partition coefficient (Wildman–Crippen LogP) is 2.13. The molecule has 100 valence electrons. The normalized spacial score (nSPS) is 25.0. The molecule has 1 aromatic carbocycles. The molecule has 1 fully saturated rings. The Kier molecular flexibility index (Phi) is 4.02. The van der Waals surface area contributed by atoms with Gasteiger partial charge in [-0.3, -0.25) is 0 Å². The highest BCUT2D eigenvalue weighted by Gasteiger charge is 2.32. The zero-order chi connectivity index (χ0) is 13.2. The minimum absolute atomic E-state index is 0.101. The van der Waals surface area contributed by atoms with Gasteiger partial charge in [-0.05, 0) is 44.5 Å². The summed E-state index contributed by atoms with van der Waals surface area (Å²) in [6.45, 7) is 0. The van der Waals surface area contributed by atoms with Crippen molar-refractivity contribution in [2.24, 2.45) is 0 Å². The lowest BCUT2D eigenvalue weighted by atomic mass is 9.95. The first-order chi connectivity index (χ1) is 8.54. The fourth-order valence-electron chi connectivity index (χ4n) is 2.53. The molecule has 5 heteroatoms. The SMILES string of the molecule is CNC1CCCC(S(=O)(=O)c2cccc(F)c2)C1. The third kappa shape index (κ3) is 2.72. The van der Waals surface area contributed by atoms with Crippen molar-refractivity contribution in [1.82, 2.24) is 5.32 Å². The smallest absolute Gasteiger partial charge is 0.181 e. The molecule has 0 radical (unpaired) electrons. The lowest BCUT2D eigenvalue weighted by Crippen LogP contribution is -2.37. The third-order valence-corrected chi connectivity index (χ3v) is 5.81. The summed E-state index contributed by atoms with van der Waals surface area (Å²) in [4.78, 5) is 0.101. The van der Waals surface area contributed by atoms with E-state index in [0.717, 1.165) is 18.9 Å². The molecular formula is C13H18FNO2S. The molecule has 2 atom stereocenters. The zero-order valence-corrected chi connectivity index (χ0v) is 11.2. The van der Waals surface area contributed by atoms with E-state index in [1.165, 1.54) is 18.2 Å². The van der Waals surface area contributed by atoms with E-state index in [1.54, 1.807) is 0 Å². The Morgan fingerprint density at radius 1 is 1.33 bits per heavy atom. The molecule has 1 aliphatic carbocycles. The molecule has 0 saturated heterocycles. The molecule has 0 heterocycles. The third-order valence-electron chi connectivity index (χ3n) is 3.60. The highest BCUT2D eigenvalue weighted by molar-refractivity contribution is 7.92. The molecule has 0 amide bonds. The first kappa shape index (κ1) is 13.5. The molecule has 0 aliphatic heterocycles. The van der Waals surface area contributed by atoms with Gasteiger partial charge >= 0.3 is 0 Å². The van der Waals surface area contributed by atoms with Crippen LogP contribution in [0.4, 0.5) is 4.39 Å². The van der Waals surface area contributed by atoms with Crippen molar-refractivity contribution in [2.45, 2.75) is 41.9 Å². The molecular weight excluding hydrogens is 253 g/mol. The van der Waals surface area contributed by atoms with Crippen molar-refractivity contribution in [3.8, 4) is 0 Å². The standard InChI is InChI=1S/C13H18FNO2S/c1-15-11-5-3-7-13(9-11)18(16,17)12-6-2-4-10(14)8-12/h2,4,6,8,11,13,15H,3,5,7,9H2,1H3. The summed E-state index contributed by atoms with van der Waals surface area (Å²) in [7, 11) is -1.56. The Morgan fingerprint density at radius 3 is 2.78 bits per heavy atom. The van der Waals surface area contributed by atoms with Crippen LogP contribution in [0.2, 0.25) is 0 Å². The highest BCUT2D eigenvalue weighted by Crippen LogP contribution is 2.28. The Bertz CT molecular complexity index is 515. The lowest BCUT2D eigenvalue weighted by Gasteiger charge is -2.28. The monoisotopic (exact) mass is 271 g/mol. The predicted molar refractivity (Wildman–Crippen MR) is 68.7 cm³/mol. The zero-order valence-electron chi connectivity index (χ0n) is 10.4. The van der Waals surface area contributed by atoms with Crippen molar-refractivity contribution < 1.29 is 12.8 Å². The van der Waals surface area contributed by atoms with Crippen LogP contribution in [0.3, 0.4) is 0 Å². The maximum Gasteiger partial charge on any atom is 0.181 e. The fraction of sp³-hybridized carbons (Fsp3) is 0.538. The number of benzene rings is 1. The second kappa shape index (κ2) is 5.36. The summed E-state index contributed by atoms with van der Waals surface area (Å²) < 4.78 is 37.9. The van der Waals surface area contributed by atoms with Gasteiger partial charge in [-0.1, -0.05) is 12.5 Å². The van der Waals surface area contributed by atoms with Gasteiger partial charge in [0.25, 0.3) is 0 Å². The fourth-order valence-corrected chi connectivity index (χ4v) is 4.42. The van der Waals surface area contributed by atoms with Gasteiger partial charge in [-0.2, -0.15) is 0 Å². The number of hydrogen-bond donors (Lipinski definition) is 1. The molecule has 3 nitrogen and oxygen atoms in total. The van der Waals surface area contributed by atoms with Gasteiger partial charge in [0, 0.05) is 6.04 Å². The molecule has 2 unspecified atom stereocenters. The molecule has 0 bridgehead atoms. The molecule has 1 aliphatic rings. The first-order valence-corrected chi connectivity index (χ1v) is 7.75. The van der Waals surface area contributed by atoms with E-state index < -0.39 is 20.9 Å². The Labute approximate surface area is 107 Å². The molecule has 0 spiro atoms. The number of rotatable bonds is 3. The van der Waals surface area contributed by atoms with Gasteiger partial charge in [-0.15, -0.1) is 0 Å². The van der Waals surface area contributed by atoms with Crippen LogP contribution in [0.25, 0.3) is 0 Å². The molecule has 1 saturated carbocycles. The number of hydrogen-bond acceptors (Lipinski definition) is 3. The van der Waals surface area contributed by atoms with E-state index >= 15 is 0 Å². The van der Waals surface area contributed by atoms with Crippen LogP contribution < -0.4 is 5.32 Å². The van der Waals surface area contributed by atoms with Gasteiger partial charge in [0.1, 0.15) is 5.82 Å². The second-order valence-corrected chi connectivity index (χ2v) is 7.00. The van der Waals surface area contributed by atoms with Gasteiger partial charge in [0.2, 0.25) is 0 Å². The van der Waals surface area contributed by atoms with Crippen LogP contribution in [0.15, 0.2) is 29.2 Å². The van der Waals surface area contributed by atoms with Crippen LogP contribution in [0, 0.1) is 5.82 Å². The maximum absolute atomic E-state index is 13.1. The van der Waals surface area contributed by atoms with Gasteiger partial charge in [0.05, 0.1) is 10.1 Å². The summed E-state index contributed by atoms with van der Waals surface area (Å²) in [6.07, 6.45) is 3.17. The second-order valence-electron chi connectivity index (χ2n) is 4.78. The number of sulfone groups is 1. The minimum atomic E-state index is -3.41. The molecule has 18 heavy (non-hydrogen) atoms. The van der Waals surface area contributed by atoms with E-state index in [0.29, 0.717) is 12.8 Å². The topological polar surface area (TPSA) is 46.2 Å². The van der Waals surface area contributed by atoms with E-state index in [9.17, 15) is 12.8 Å². The average molecular weight is 271 g/mol. The van der Waals surface area contributed by atoms with E-state index in [2.05, 4.69) is 5.32 Å². The minimum Gasteiger partial charge on any atom is -0.317 e. The van der Waals surface area contributed by atoms with E-state index in [4.69, 9.17) is 0 Å². The molecule has 1 aromatic rings. The lowest BCUT2D eigenvalue weighted by molar-refractivity contribution is 0.390. The van der Waals surface area contributed by atoms with Crippen LogP contribution in [0.1, 0.15) is 25.7 Å². The van der Waals surface area contributed by atoms with Crippen LogP contribution in [-0.2, 0) is 9.84 Å². The van der Waals surface area contributed by atoms with Crippen LogP contribution in [-0.4, -0.2) is 26.8 Å². The Hall–Kier alpha value is -0.940. The van der Waals surface area contributed by atoms with Crippen molar-refractivity contribution in [3.63, 3.8) is 0 Å². The largest absolute Gasteiger partial charge is 0.317 e. The number of nitrogens with one attached hydrogen (secondary N) is 1. The van der Waals surface area contributed by atoms with Crippen LogP contribution >= 0.6 is 0 Å².